The first kappa shape index (κ1) is 23.3. The molecule has 2 aliphatic heterocycles. The van der Waals surface area contributed by atoms with E-state index in [1.807, 2.05) is 34.9 Å². The maximum absolute atomic E-state index is 12.8. The topological polar surface area (TPSA) is 79.3 Å². The van der Waals surface area contributed by atoms with Crippen LogP contribution in [0, 0.1) is 12.8 Å². The largest absolute Gasteiger partial charge is 0.342 e. The Labute approximate surface area is 196 Å². The van der Waals surface area contributed by atoms with Gasteiger partial charge in [0, 0.05) is 61.5 Å². The van der Waals surface area contributed by atoms with Crippen LogP contribution in [0.25, 0.3) is 0 Å². The Morgan fingerprint density at radius 3 is 2.82 bits per heavy atom. The first-order valence-corrected chi connectivity index (χ1v) is 12.3. The highest BCUT2D eigenvalue weighted by Crippen LogP contribution is 2.32. The number of hydrogen-bond acceptors (Lipinski definition) is 5. The number of carbonyl (C=O) groups excluding carboxylic acids is 2. The van der Waals surface area contributed by atoms with Gasteiger partial charge in [-0.05, 0) is 57.1 Å². The quantitative estimate of drug-likeness (QED) is 0.612. The van der Waals surface area contributed by atoms with Crippen molar-refractivity contribution in [2.75, 3.05) is 24.5 Å². The third kappa shape index (κ3) is 5.57. The standard InChI is InChI=1S/C26H35N5O2/c1-18(2)12-16-31-24(33)11-10-22-19(3)28-25(29-26(22)31)20-13-15-30(17-20)23(32)9-6-8-21-7-4-5-14-27-21/h4-5,7,14,18,20H,6,8-13,15-17H2,1-3H3/t20-/m0/s1. The van der Waals surface area contributed by atoms with Crippen LogP contribution in [-0.4, -0.2) is 51.3 Å². The number of pyridine rings is 1. The molecule has 0 saturated carbocycles. The number of hydrogen-bond donors (Lipinski definition) is 0. The molecule has 1 fully saturated rings. The molecule has 0 N–H and O–H groups in total. The van der Waals surface area contributed by atoms with E-state index in [4.69, 9.17) is 9.97 Å². The van der Waals surface area contributed by atoms with Crippen LogP contribution in [0.3, 0.4) is 0 Å². The molecule has 2 amide bonds. The molecule has 0 aromatic carbocycles. The van der Waals surface area contributed by atoms with Crippen molar-refractivity contribution in [1.82, 2.24) is 19.9 Å². The summed E-state index contributed by atoms with van der Waals surface area (Å²) in [6.45, 7) is 8.46. The molecule has 4 heterocycles. The highest BCUT2D eigenvalue weighted by Gasteiger charge is 2.32. The number of anilines is 1. The molecule has 0 unspecified atom stereocenters. The molecule has 176 valence electrons. The second-order valence-electron chi connectivity index (χ2n) is 9.70. The van der Waals surface area contributed by atoms with E-state index in [-0.39, 0.29) is 17.7 Å². The van der Waals surface area contributed by atoms with Gasteiger partial charge in [-0.2, -0.15) is 0 Å². The Hall–Kier alpha value is -2.83. The average Bonchev–Trinajstić information content (AvgIpc) is 3.29. The predicted molar refractivity (Wildman–Crippen MR) is 128 cm³/mol. The van der Waals surface area contributed by atoms with E-state index in [0.717, 1.165) is 60.8 Å². The second kappa shape index (κ2) is 10.4. The van der Waals surface area contributed by atoms with Gasteiger partial charge in [0.2, 0.25) is 11.8 Å². The summed E-state index contributed by atoms with van der Waals surface area (Å²) in [5, 5.41) is 0. The number of likely N-dealkylation sites (tertiary alicyclic amines) is 1. The van der Waals surface area contributed by atoms with Gasteiger partial charge in [-0.1, -0.05) is 19.9 Å². The zero-order chi connectivity index (χ0) is 23.4. The lowest BCUT2D eigenvalue weighted by atomic mass is 10.0. The summed E-state index contributed by atoms with van der Waals surface area (Å²) in [4.78, 5) is 43.3. The van der Waals surface area contributed by atoms with Gasteiger partial charge in [0.05, 0.1) is 0 Å². The van der Waals surface area contributed by atoms with Crippen molar-refractivity contribution in [3.8, 4) is 0 Å². The summed E-state index contributed by atoms with van der Waals surface area (Å²) in [5.41, 5.74) is 3.10. The normalized spacial score (nSPS) is 18.2. The minimum atomic E-state index is 0.123. The van der Waals surface area contributed by atoms with E-state index in [9.17, 15) is 9.59 Å². The number of amides is 2. The van der Waals surface area contributed by atoms with E-state index >= 15 is 0 Å². The minimum Gasteiger partial charge on any atom is -0.342 e. The number of rotatable bonds is 8. The molecule has 2 aromatic heterocycles. The monoisotopic (exact) mass is 449 g/mol. The Balaban J connectivity index is 1.41. The molecule has 7 nitrogen and oxygen atoms in total. The summed E-state index contributed by atoms with van der Waals surface area (Å²) < 4.78 is 0. The Kier molecular flexibility index (Phi) is 7.36. The van der Waals surface area contributed by atoms with E-state index in [1.165, 1.54) is 0 Å². The van der Waals surface area contributed by atoms with Crippen molar-refractivity contribution in [3.05, 3.63) is 47.2 Å². The van der Waals surface area contributed by atoms with Gasteiger partial charge in [0.25, 0.3) is 0 Å². The van der Waals surface area contributed by atoms with Gasteiger partial charge >= 0.3 is 0 Å². The molecule has 0 aliphatic carbocycles. The van der Waals surface area contributed by atoms with E-state index in [2.05, 4.69) is 18.8 Å². The molecule has 2 aliphatic rings. The van der Waals surface area contributed by atoms with E-state index < -0.39 is 0 Å². The molecule has 0 spiro atoms. The lowest BCUT2D eigenvalue weighted by Gasteiger charge is -2.30. The highest BCUT2D eigenvalue weighted by molar-refractivity contribution is 5.95. The van der Waals surface area contributed by atoms with Crippen LogP contribution >= 0.6 is 0 Å². The maximum Gasteiger partial charge on any atom is 0.228 e. The zero-order valence-corrected chi connectivity index (χ0v) is 20.1. The fourth-order valence-electron chi connectivity index (χ4n) is 4.73. The van der Waals surface area contributed by atoms with Crippen LogP contribution in [-0.2, 0) is 22.4 Å². The predicted octanol–water partition coefficient (Wildman–Crippen LogP) is 3.84. The van der Waals surface area contributed by atoms with Crippen molar-refractivity contribution in [3.63, 3.8) is 0 Å². The van der Waals surface area contributed by atoms with Gasteiger partial charge in [-0.3, -0.25) is 19.5 Å². The highest BCUT2D eigenvalue weighted by atomic mass is 16.2. The van der Waals surface area contributed by atoms with E-state index in [1.54, 1.807) is 6.20 Å². The molecule has 0 radical (unpaired) electrons. The first-order valence-electron chi connectivity index (χ1n) is 12.3. The Morgan fingerprint density at radius 2 is 2.06 bits per heavy atom. The van der Waals surface area contributed by atoms with Gasteiger partial charge in [-0.25, -0.2) is 9.97 Å². The number of carbonyl (C=O) groups is 2. The smallest absolute Gasteiger partial charge is 0.228 e. The number of fused-ring (bicyclic) bond motifs is 1. The van der Waals surface area contributed by atoms with Crippen molar-refractivity contribution >= 4 is 17.6 Å². The van der Waals surface area contributed by atoms with Crippen LogP contribution in [0.15, 0.2) is 24.4 Å². The van der Waals surface area contributed by atoms with Crippen molar-refractivity contribution in [1.29, 1.82) is 0 Å². The third-order valence-electron chi connectivity index (χ3n) is 6.74. The zero-order valence-electron chi connectivity index (χ0n) is 20.1. The molecule has 2 aromatic rings. The molecule has 1 atom stereocenters. The second-order valence-corrected chi connectivity index (χ2v) is 9.70. The van der Waals surface area contributed by atoms with Crippen molar-refractivity contribution in [2.45, 2.75) is 71.6 Å². The van der Waals surface area contributed by atoms with Gasteiger partial charge in [-0.15, -0.1) is 0 Å². The van der Waals surface area contributed by atoms with Crippen molar-refractivity contribution in [2.24, 2.45) is 5.92 Å². The summed E-state index contributed by atoms with van der Waals surface area (Å²) in [7, 11) is 0. The van der Waals surface area contributed by atoms with Crippen LogP contribution in [0.5, 0.6) is 0 Å². The molecular weight excluding hydrogens is 414 g/mol. The van der Waals surface area contributed by atoms with Crippen LogP contribution < -0.4 is 4.90 Å². The summed E-state index contributed by atoms with van der Waals surface area (Å²) in [5.74, 6) is 2.57. The van der Waals surface area contributed by atoms with Gasteiger partial charge in [0.15, 0.2) is 0 Å². The first-order chi connectivity index (χ1) is 15.9. The van der Waals surface area contributed by atoms with Gasteiger partial charge in [0.1, 0.15) is 11.6 Å². The van der Waals surface area contributed by atoms with Crippen LogP contribution in [0.1, 0.15) is 74.6 Å². The molecule has 7 heteroatoms. The summed E-state index contributed by atoms with van der Waals surface area (Å²) >= 11 is 0. The minimum absolute atomic E-state index is 0.123. The third-order valence-corrected chi connectivity index (χ3v) is 6.74. The Morgan fingerprint density at radius 1 is 1.21 bits per heavy atom. The average molecular weight is 450 g/mol. The van der Waals surface area contributed by atoms with Crippen LogP contribution in [0.2, 0.25) is 0 Å². The lowest BCUT2D eigenvalue weighted by Crippen LogP contribution is -2.38. The number of nitrogens with zero attached hydrogens (tertiary/aromatic N) is 5. The molecular formula is C26H35N5O2. The maximum atomic E-state index is 12.8. The number of aryl methyl sites for hydroxylation is 2. The fourth-order valence-corrected chi connectivity index (χ4v) is 4.73. The lowest BCUT2D eigenvalue weighted by molar-refractivity contribution is -0.130. The van der Waals surface area contributed by atoms with Crippen LogP contribution in [0.4, 0.5) is 5.82 Å². The number of aromatic nitrogens is 3. The molecule has 1 saturated heterocycles. The summed E-state index contributed by atoms with van der Waals surface area (Å²) in [6, 6.07) is 5.89. The summed E-state index contributed by atoms with van der Waals surface area (Å²) in [6.07, 6.45) is 7.00. The van der Waals surface area contributed by atoms with E-state index in [0.29, 0.717) is 38.3 Å². The van der Waals surface area contributed by atoms with Gasteiger partial charge < -0.3 is 4.90 Å². The molecule has 4 rings (SSSR count). The SMILES string of the molecule is Cc1nc([C@H]2CCN(C(=O)CCCc3ccccn3)C2)nc2c1CCC(=O)N2CCC(C)C. The molecule has 33 heavy (non-hydrogen) atoms. The Bertz CT molecular complexity index is 992. The van der Waals surface area contributed by atoms with Crippen molar-refractivity contribution < 1.29 is 9.59 Å². The fraction of sp³-hybridized carbons (Fsp3) is 0.577. The molecule has 0 bridgehead atoms.